The lowest BCUT2D eigenvalue weighted by atomic mass is 10.0. The molecule has 6 nitrogen and oxygen atoms in total. The topological polar surface area (TPSA) is 59.4 Å². The van der Waals surface area contributed by atoms with E-state index in [0.29, 0.717) is 12.5 Å². The third-order valence-corrected chi connectivity index (χ3v) is 4.89. The van der Waals surface area contributed by atoms with Crippen molar-refractivity contribution in [3.63, 3.8) is 0 Å². The van der Waals surface area contributed by atoms with Crippen LogP contribution in [0.2, 0.25) is 0 Å². The van der Waals surface area contributed by atoms with Crippen molar-refractivity contribution in [2.75, 3.05) is 20.2 Å². The van der Waals surface area contributed by atoms with Crippen LogP contribution >= 0.6 is 0 Å². The van der Waals surface area contributed by atoms with E-state index in [1.165, 1.54) is 5.56 Å². The van der Waals surface area contributed by atoms with E-state index in [4.69, 9.17) is 4.74 Å². The maximum Gasteiger partial charge on any atom is 0.220 e. The highest BCUT2D eigenvalue weighted by Gasteiger charge is 2.21. The van der Waals surface area contributed by atoms with Gasteiger partial charge in [0.05, 0.1) is 7.11 Å². The highest BCUT2D eigenvalue weighted by atomic mass is 16.5. The Labute approximate surface area is 155 Å². The van der Waals surface area contributed by atoms with Crippen LogP contribution in [0.4, 0.5) is 0 Å². The van der Waals surface area contributed by atoms with E-state index in [0.717, 1.165) is 51.2 Å². The number of methoxy groups -OCH3 is 1. The summed E-state index contributed by atoms with van der Waals surface area (Å²) in [5, 5.41) is 7.34. The zero-order valence-electron chi connectivity index (χ0n) is 15.4. The van der Waals surface area contributed by atoms with Gasteiger partial charge in [0.2, 0.25) is 5.91 Å². The Hall–Kier alpha value is -2.34. The number of carbonyl (C=O) groups excluding carboxylic acids is 1. The van der Waals surface area contributed by atoms with Crippen LogP contribution in [-0.4, -0.2) is 46.8 Å². The van der Waals surface area contributed by atoms with Gasteiger partial charge in [0, 0.05) is 56.6 Å². The van der Waals surface area contributed by atoms with Crippen LogP contribution in [0.25, 0.3) is 0 Å². The summed E-state index contributed by atoms with van der Waals surface area (Å²) in [4.78, 5) is 14.6. The van der Waals surface area contributed by atoms with Gasteiger partial charge in [-0.05, 0) is 31.4 Å². The Morgan fingerprint density at radius 3 is 2.81 bits per heavy atom. The summed E-state index contributed by atoms with van der Waals surface area (Å²) < 4.78 is 7.30. The predicted octanol–water partition coefficient (Wildman–Crippen LogP) is 2.45. The number of aryl methyl sites for hydroxylation is 1. The second kappa shape index (κ2) is 9.38. The molecule has 26 heavy (non-hydrogen) atoms. The molecule has 0 spiro atoms. The molecule has 3 rings (SSSR count). The molecule has 0 saturated carbocycles. The van der Waals surface area contributed by atoms with E-state index in [2.05, 4.69) is 21.4 Å². The number of piperidine rings is 1. The first-order valence-corrected chi connectivity index (χ1v) is 9.35. The Balaban J connectivity index is 1.36. The molecule has 2 heterocycles. The van der Waals surface area contributed by atoms with Gasteiger partial charge < -0.3 is 10.1 Å². The molecule has 0 atom stereocenters. The van der Waals surface area contributed by atoms with Gasteiger partial charge in [-0.1, -0.05) is 18.2 Å². The number of rotatable bonds is 8. The average molecular weight is 356 g/mol. The van der Waals surface area contributed by atoms with E-state index in [-0.39, 0.29) is 5.91 Å². The van der Waals surface area contributed by atoms with Crippen LogP contribution < -0.4 is 10.1 Å². The number of benzene rings is 1. The Kier molecular flexibility index (Phi) is 6.66. The van der Waals surface area contributed by atoms with Crippen molar-refractivity contribution < 1.29 is 9.53 Å². The largest absolute Gasteiger partial charge is 0.496 e. The molecule has 1 N–H and O–H groups in total. The number of nitrogens with zero attached hydrogens (tertiary/aromatic N) is 3. The summed E-state index contributed by atoms with van der Waals surface area (Å²) in [5.74, 6) is 1.10. The van der Waals surface area contributed by atoms with Crippen LogP contribution in [-0.2, 0) is 17.9 Å². The number of hydrogen-bond donors (Lipinski definition) is 1. The molecule has 0 bridgehead atoms. The van der Waals surface area contributed by atoms with Gasteiger partial charge in [-0.25, -0.2) is 0 Å². The molecule has 140 valence electrons. The van der Waals surface area contributed by atoms with Crippen LogP contribution in [0.15, 0.2) is 42.7 Å². The quantitative estimate of drug-likeness (QED) is 0.789. The molecule has 0 radical (unpaired) electrons. The number of carbonyl (C=O) groups is 1. The van der Waals surface area contributed by atoms with Gasteiger partial charge in [0.1, 0.15) is 5.75 Å². The number of nitrogens with one attached hydrogen (secondary N) is 1. The number of ether oxygens (including phenoxy) is 1. The molecule has 1 aromatic carbocycles. The van der Waals surface area contributed by atoms with Gasteiger partial charge in [0.25, 0.3) is 0 Å². The standard InChI is InChI=1S/C20H28N4O2/c1-26-19-7-3-2-6-17(19)16-23-14-9-18(10-15-23)22-20(25)8-4-12-24-13-5-11-21-24/h2-3,5-7,11,13,18H,4,8-10,12,14-16H2,1H3,(H,22,25). The SMILES string of the molecule is COc1ccccc1CN1CCC(NC(=O)CCCn2cccn2)CC1. The molecule has 0 unspecified atom stereocenters. The minimum atomic E-state index is 0.153. The van der Waals surface area contributed by atoms with Crippen molar-refractivity contribution in [3.05, 3.63) is 48.3 Å². The summed E-state index contributed by atoms with van der Waals surface area (Å²) in [5.41, 5.74) is 1.22. The molecule has 1 aliphatic rings. The van der Waals surface area contributed by atoms with Crippen molar-refractivity contribution in [2.45, 2.75) is 44.8 Å². The maximum atomic E-state index is 12.1. The first kappa shape index (κ1) is 18.5. The summed E-state index contributed by atoms with van der Waals surface area (Å²) in [6.45, 7) is 3.68. The van der Waals surface area contributed by atoms with E-state index < -0.39 is 0 Å². The lowest BCUT2D eigenvalue weighted by molar-refractivity contribution is -0.122. The summed E-state index contributed by atoms with van der Waals surface area (Å²) in [6.07, 6.45) is 7.07. The molecule has 2 aromatic rings. The molecular weight excluding hydrogens is 328 g/mol. The molecule has 1 aromatic heterocycles. The molecule has 0 aliphatic carbocycles. The molecule has 1 aliphatic heterocycles. The number of para-hydroxylation sites is 1. The summed E-state index contributed by atoms with van der Waals surface area (Å²) in [6, 6.07) is 10.4. The number of aromatic nitrogens is 2. The van der Waals surface area contributed by atoms with E-state index in [1.54, 1.807) is 13.3 Å². The number of amides is 1. The minimum absolute atomic E-state index is 0.153. The number of hydrogen-bond acceptors (Lipinski definition) is 4. The first-order chi connectivity index (χ1) is 12.7. The lowest BCUT2D eigenvalue weighted by Crippen LogP contribution is -2.44. The Bertz CT molecular complexity index is 679. The smallest absolute Gasteiger partial charge is 0.220 e. The molecule has 1 saturated heterocycles. The van der Waals surface area contributed by atoms with Crippen LogP contribution in [0.1, 0.15) is 31.2 Å². The fourth-order valence-electron chi connectivity index (χ4n) is 3.44. The number of likely N-dealkylation sites (tertiary alicyclic amines) is 1. The zero-order chi connectivity index (χ0) is 18.2. The van der Waals surface area contributed by atoms with Gasteiger partial charge in [-0.15, -0.1) is 0 Å². The Morgan fingerprint density at radius 2 is 2.08 bits per heavy atom. The van der Waals surface area contributed by atoms with E-state index >= 15 is 0 Å². The van der Waals surface area contributed by atoms with Gasteiger partial charge in [-0.2, -0.15) is 5.10 Å². The van der Waals surface area contributed by atoms with Crippen molar-refractivity contribution >= 4 is 5.91 Å². The first-order valence-electron chi connectivity index (χ1n) is 9.35. The minimum Gasteiger partial charge on any atom is -0.496 e. The summed E-state index contributed by atoms with van der Waals surface area (Å²) in [7, 11) is 1.72. The van der Waals surface area contributed by atoms with E-state index in [1.807, 2.05) is 35.1 Å². The molecule has 1 fully saturated rings. The fourth-order valence-corrected chi connectivity index (χ4v) is 3.44. The predicted molar refractivity (Wildman–Crippen MR) is 101 cm³/mol. The van der Waals surface area contributed by atoms with Crippen molar-refractivity contribution in [2.24, 2.45) is 0 Å². The van der Waals surface area contributed by atoms with Crippen LogP contribution in [0, 0.1) is 0 Å². The third-order valence-electron chi connectivity index (χ3n) is 4.89. The van der Waals surface area contributed by atoms with Gasteiger partial charge in [0.15, 0.2) is 0 Å². The highest BCUT2D eigenvalue weighted by molar-refractivity contribution is 5.76. The average Bonchev–Trinajstić information content (AvgIpc) is 3.17. The highest BCUT2D eigenvalue weighted by Crippen LogP contribution is 2.21. The van der Waals surface area contributed by atoms with Gasteiger partial charge in [-0.3, -0.25) is 14.4 Å². The van der Waals surface area contributed by atoms with E-state index in [9.17, 15) is 4.79 Å². The zero-order valence-corrected chi connectivity index (χ0v) is 15.4. The molecule has 1 amide bonds. The monoisotopic (exact) mass is 356 g/mol. The van der Waals surface area contributed by atoms with Crippen molar-refractivity contribution in [1.29, 1.82) is 0 Å². The molecule has 6 heteroatoms. The summed E-state index contributed by atoms with van der Waals surface area (Å²) >= 11 is 0. The van der Waals surface area contributed by atoms with Crippen LogP contribution in [0.3, 0.4) is 0 Å². The van der Waals surface area contributed by atoms with Crippen LogP contribution in [0.5, 0.6) is 5.75 Å². The van der Waals surface area contributed by atoms with Crippen molar-refractivity contribution in [1.82, 2.24) is 20.0 Å². The second-order valence-electron chi connectivity index (χ2n) is 6.80. The van der Waals surface area contributed by atoms with Gasteiger partial charge >= 0.3 is 0 Å². The maximum absolute atomic E-state index is 12.1. The second-order valence-corrected chi connectivity index (χ2v) is 6.80. The Morgan fingerprint density at radius 1 is 1.27 bits per heavy atom. The third kappa shape index (κ3) is 5.33. The normalized spacial score (nSPS) is 15.7. The fraction of sp³-hybridized carbons (Fsp3) is 0.500. The lowest BCUT2D eigenvalue weighted by Gasteiger charge is -2.32. The van der Waals surface area contributed by atoms with Crippen molar-refractivity contribution in [3.8, 4) is 5.75 Å². The molecular formula is C20H28N4O2.